The molecule has 1 saturated heterocycles. The van der Waals surface area contributed by atoms with Gasteiger partial charge in [-0.3, -0.25) is 34.9 Å². The van der Waals surface area contributed by atoms with Gasteiger partial charge in [-0.2, -0.15) is 0 Å². The molecule has 0 aromatic heterocycles. The van der Waals surface area contributed by atoms with Gasteiger partial charge in [0.1, 0.15) is 24.7 Å². The SMILES string of the molecule is O=C(CCN1C(=O)[C@@H]2CCCC[C@H]2C1=O)NNC(=O)c1ccccc1OCCOc1ccccc1. The molecule has 1 aliphatic heterocycles. The van der Waals surface area contributed by atoms with Crippen LogP contribution in [0.5, 0.6) is 11.5 Å². The zero-order chi connectivity index (χ0) is 24.6. The number of para-hydroxylation sites is 2. The van der Waals surface area contributed by atoms with Crippen molar-refractivity contribution in [2.45, 2.75) is 32.1 Å². The number of carbonyl (C=O) groups excluding carboxylic acids is 4. The van der Waals surface area contributed by atoms with Gasteiger partial charge in [0, 0.05) is 13.0 Å². The summed E-state index contributed by atoms with van der Waals surface area (Å²) < 4.78 is 11.3. The van der Waals surface area contributed by atoms with Crippen LogP contribution < -0.4 is 20.3 Å². The minimum atomic E-state index is -0.544. The van der Waals surface area contributed by atoms with Gasteiger partial charge in [-0.05, 0) is 37.1 Å². The molecule has 0 radical (unpaired) electrons. The van der Waals surface area contributed by atoms with Gasteiger partial charge in [0.2, 0.25) is 17.7 Å². The number of amides is 4. The van der Waals surface area contributed by atoms with Crippen molar-refractivity contribution in [3.05, 3.63) is 60.2 Å². The Labute approximate surface area is 203 Å². The fourth-order valence-corrected chi connectivity index (χ4v) is 4.53. The molecule has 184 valence electrons. The average Bonchev–Trinajstić information content (AvgIpc) is 3.14. The maximum Gasteiger partial charge on any atom is 0.273 e. The molecular formula is C26H29N3O6. The summed E-state index contributed by atoms with van der Waals surface area (Å²) in [5.74, 6) is -0.812. The zero-order valence-electron chi connectivity index (χ0n) is 19.4. The number of ether oxygens (including phenoxy) is 2. The van der Waals surface area contributed by atoms with E-state index in [1.165, 1.54) is 4.90 Å². The van der Waals surface area contributed by atoms with Crippen LogP contribution in [0.1, 0.15) is 42.5 Å². The van der Waals surface area contributed by atoms with Crippen LogP contribution in [0.15, 0.2) is 54.6 Å². The van der Waals surface area contributed by atoms with Crippen molar-refractivity contribution in [2.24, 2.45) is 11.8 Å². The molecule has 35 heavy (non-hydrogen) atoms. The number of carbonyl (C=O) groups is 4. The van der Waals surface area contributed by atoms with E-state index in [1.54, 1.807) is 24.3 Å². The van der Waals surface area contributed by atoms with Gasteiger partial charge >= 0.3 is 0 Å². The van der Waals surface area contributed by atoms with Crippen LogP contribution in [0.3, 0.4) is 0 Å². The fraction of sp³-hybridized carbons (Fsp3) is 0.385. The number of hydrogen-bond acceptors (Lipinski definition) is 6. The van der Waals surface area contributed by atoms with Crippen molar-refractivity contribution in [3.8, 4) is 11.5 Å². The van der Waals surface area contributed by atoms with Crippen molar-refractivity contribution in [2.75, 3.05) is 19.8 Å². The lowest BCUT2D eigenvalue weighted by Gasteiger charge is -2.19. The van der Waals surface area contributed by atoms with E-state index in [1.807, 2.05) is 30.3 Å². The van der Waals surface area contributed by atoms with Crippen LogP contribution in [-0.2, 0) is 14.4 Å². The topological polar surface area (TPSA) is 114 Å². The van der Waals surface area contributed by atoms with Gasteiger partial charge in [-0.25, -0.2) is 0 Å². The van der Waals surface area contributed by atoms with E-state index in [-0.39, 0.29) is 48.8 Å². The second-order valence-electron chi connectivity index (χ2n) is 8.58. The van der Waals surface area contributed by atoms with Crippen molar-refractivity contribution in [1.29, 1.82) is 0 Å². The first-order valence-electron chi connectivity index (χ1n) is 11.9. The van der Waals surface area contributed by atoms with Crippen molar-refractivity contribution < 1.29 is 28.7 Å². The summed E-state index contributed by atoms with van der Waals surface area (Å²) in [5.41, 5.74) is 4.96. The second kappa shape index (κ2) is 11.5. The second-order valence-corrected chi connectivity index (χ2v) is 8.58. The van der Waals surface area contributed by atoms with E-state index in [0.717, 1.165) is 31.4 Å². The molecule has 9 heteroatoms. The van der Waals surface area contributed by atoms with Crippen molar-refractivity contribution in [1.82, 2.24) is 15.8 Å². The molecule has 2 aliphatic rings. The molecule has 2 atom stereocenters. The molecule has 2 aromatic carbocycles. The quantitative estimate of drug-likeness (QED) is 0.325. The number of nitrogens with one attached hydrogen (secondary N) is 2. The molecule has 0 spiro atoms. The van der Waals surface area contributed by atoms with Gasteiger partial charge in [0.15, 0.2) is 0 Å². The van der Waals surface area contributed by atoms with E-state index < -0.39 is 11.8 Å². The first-order chi connectivity index (χ1) is 17.0. The molecule has 1 heterocycles. The van der Waals surface area contributed by atoms with Gasteiger partial charge in [-0.1, -0.05) is 43.2 Å². The van der Waals surface area contributed by atoms with Crippen molar-refractivity contribution >= 4 is 23.6 Å². The van der Waals surface area contributed by atoms with Crippen LogP contribution >= 0.6 is 0 Å². The number of hydrogen-bond donors (Lipinski definition) is 2. The Bertz CT molecular complexity index is 1050. The van der Waals surface area contributed by atoms with Crippen LogP contribution in [0.25, 0.3) is 0 Å². The molecule has 0 unspecified atom stereocenters. The van der Waals surface area contributed by atoms with Crippen LogP contribution in [0.2, 0.25) is 0 Å². The summed E-state index contributed by atoms with van der Waals surface area (Å²) in [6.45, 7) is 0.533. The van der Waals surface area contributed by atoms with Gasteiger partial charge in [-0.15, -0.1) is 0 Å². The van der Waals surface area contributed by atoms with E-state index in [0.29, 0.717) is 12.4 Å². The highest BCUT2D eigenvalue weighted by molar-refractivity contribution is 6.05. The summed E-state index contributed by atoms with van der Waals surface area (Å²) in [7, 11) is 0. The summed E-state index contributed by atoms with van der Waals surface area (Å²) in [4.78, 5) is 51.1. The molecule has 4 rings (SSSR count). The Kier molecular flexibility index (Phi) is 7.97. The maximum absolute atomic E-state index is 12.6. The number of likely N-dealkylation sites (tertiary alicyclic amines) is 1. The Balaban J connectivity index is 1.22. The third-order valence-electron chi connectivity index (χ3n) is 6.29. The fourth-order valence-electron chi connectivity index (χ4n) is 4.53. The number of hydrazine groups is 1. The summed E-state index contributed by atoms with van der Waals surface area (Å²) in [6, 6.07) is 16.0. The smallest absolute Gasteiger partial charge is 0.273 e. The molecule has 2 fully saturated rings. The van der Waals surface area contributed by atoms with E-state index in [2.05, 4.69) is 10.9 Å². The molecule has 4 amide bonds. The normalized spacial score (nSPS) is 19.1. The third-order valence-corrected chi connectivity index (χ3v) is 6.29. The van der Waals surface area contributed by atoms with Crippen molar-refractivity contribution in [3.63, 3.8) is 0 Å². The Morgan fingerprint density at radius 3 is 2.17 bits per heavy atom. The highest BCUT2D eigenvalue weighted by Gasteiger charge is 2.47. The van der Waals surface area contributed by atoms with Crippen LogP contribution in [0, 0.1) is 11.8 Å². The van der Waals surface area contributed by atoms with E-state index >= 15 is 0 Å². The lowest BCUT2D eigenvalue weighted by atomic mass is 9.81. The molecular weight excluding hydrogens is 450 g/mol. The highest BCUT2D eigenvalue weighted by Crippen LogP contribution is 2.37. The summed E-state index contributed by atoms with van der Waals surface area (Å²) in [5, 5.41) is 0. The predicted molar refractivity (Wildman–Crippen MR) is 126 cm³/mol. The lowest BCUT2D eigenvalue weighted by Crippen LogP contribution is -2.43. The molecule has 2 aromatic rings. The molecule has 9 nitrogen and oxygen atoms in total. The first-order valence-corrected chi connectivity index (χ1v) is 11.9. The average molecular weight is 480 g/mol. The highest BCUT2D eigenvalue weighted by atomic mass is 16.5. The third kappa shape index (κ3) is 5.98. The van der Waals surface area contributed by atoms with Crippen LogP contribution in [0.4, 0.5) is 0 Å². The van der Waals surface area contributed by atoms with Crippen LogP contribution in [-0.4, -0.2) is 48.3 Å². The molecule has 2 N–H and O–H groups in total. The van der Waals surface area contributed by atoms with Gasteiger partial charge < -0.3 is 9.47 Å². The molecule has 1 saturated carbocycles. The minimum absolute atomic E-state index is 0.00742. The molecule has 1 aliphatic carbocycles. The Morgan fingerprint density at radius 1 is 0.829 bits per heavy atom. The predicted octanol–water partition coefficient (Wildman–Crippen LogP) is 2.47. The summed E-state index contributed by atoms with van der Waals surface area (Å²) in [6.07, 6.45) is 3.27. The van der Waals surface area contributed by atoms with E-state index in [9.17, 15) is 19.2 Å². The van der Waals surface area contributed by atoms with Gasteiger partial charge in [0.05, 0.1) is 17.4 Å². The Hall–Kier alpha value is -3.88. The largest absolute Gasteiger partial charge is 0.490 e. The summed E-state index contributed by atoms with van der Waals surface area (Å²) >= 11 is 0. The monoisotopic (exact) mass is 479 g/mol. The zero-order valence-corrected chi connectivity index (χ0v) is 19.4. The van der Waals surface area contributed by atoms with Gasteiger partial charge in [0.25, 0.3) is 5.91 Å². The Morgan fingerprint density at radius 2 is 1.46 bits per heavy atom. The minimum Gasteiger partial charge on any atom is -0.490 e. The number of fused-ring (bicyclic) bond motifs is 1. The first kappa shape index (κ1) is 24.3. The number of benzene rings is 2. The van der Waals surface area contributed by atoms with E-state index in [4.69, 9.17) is 9.47 Å². The number of imide groups is 1. The number of rotatable bonds is 9. The number of nitrogens with zero attached hydrogens (tertiary/aromatic N) is 1. The lowest BCUT2D eigenvalue weighted by molar-refractivity contribution is -0.140. The maximum atomic E-state index is 12.6. The molecule has 0 bridgehead atoms. The standard InChI is InChI=1S/C26H29N3O6/c30-23(14-15-29-25(32)19-10-4-5-11-20(19)26(29)33)27-28-24(31)21-12-6-7-13-22(21)35-17-16-34-18-8-2-1-3-9-18/h1-3,6-9,12-13,19-20H,4-5,10-11,14-17H2,(H,27,30)(H,28,31)/t19-,20-/m1/s1.